The maximum atomic E-state index is 12.7. The highest BCUT2D eigenvalue weighted by atomic mass is 16.4. The fourth-order valence-electron chi connectivity index (χ4n) is 5.62. The van der Waals surface area contributed by atoms with Gasteiger partial charge >= 0.3 is 11.7 Å². The number of H-pyrrole nitrogens is 2. The molecule has 1 saturated heterocycles. The van der Waals surface area contributed by atoms with Crippen molar-refractivity contribution in [3.05, 3.63) is 83.9 Å². The zero-order valence-corrected chi connectivity index (χ0v) is 25.3. The summed E-state index contributed by atoms with van der Waals surface area (Å²) in [5, 5.41) is 12.7. The van der Waals surface area contributed by atoms with E-state index in [0.29, 0.717) is 55.6 Å². The zero-order chi connectivity index (χ0) is 31.4. The Hall–Kier alpha value is -4.78. The van der Waals surface area contributed by atoms with E-state index >= 15 is 0 Å². The maximum Gasteiger partial charge on any atom is 0.341 e. The standard InChI is InChI=1S/C31H38N8O5/c1-4-20-16-21(9-8-19(20)3)33-24-17-25(40)39(31(44)35-24)11-7-6-10-37-12-14-38(15-13-37)30-32-18-22-27(41)26(29(42)43)23(5-2)34-28(22)36-30/h8-9,16-18,33H,4-7,10-15H2,1-3H3,(H,35,44)(H,42,43)(H,32,34,36,41). The van der Waals surface area contributed by atoms with E-state index in [1.807, 2.05) is 23.1 Å². The summed E-state index contributed by atoms with van der Waals surface area (Å²) in [5.74, 6) is -0.404. The number of rotatable bonds is 11. The molecule has 1 fully saturated rings. The van der Waals surface area contributed by atoms with Crippen LogP contribution in [0, 0.1) is 6.92 Å². The molecule has 4 N–H and O–H groups in total. The summed E-state index contributed by atoms with van der Waals surface area (Å²) >= 11 is 0. The Kier molecular flexibility index (Phi) is 9.23. The average molecular weight is 603 g/mol. The molecule has 0 amide bonds. The van der Waals surface area contributed by atoms with Crippen molar-refractivity contribution in [1.82, 2.24) is 29.4 Å². The van der Waals surface area contributed by atoms with Crippen molar-refractivity contribution in [3.63, 3.8) is 0 Å². The molecule has 0 bridgehead atoms. The number of benzene rings is 1. The lowest BCUT2D eigenvalue weighted by Crippen LogP contribution is -2.47. The Morgan fingerprint density at radius 1 is 1.00 bits per heavy atom. The first-order valence-corrected chi connectivity index (χ1v) is 15.0. The Morgan fingerprint density at radius 3 is 2.43 bits per heavy atom. The number of carbonyl (C=O) groups is 1. The first-order chi connectivity index (χ1) is 21.2. The highest BCUT2D eigenvalue weighted by Gasteiger charge is 2.22. The van der Waals surface area contributed by atoms with Gasteiger partial charge in [-0.15, -0.1) is 0 Å². The van der Waals surface area contributed by atoms with E-state index in [2.05, 4.69) is 44.0 Å². The zero-order valence-electron chi connectivity index (χ0n) is 25.3. The smallest absolute Gasteiger partial charge is 0.341 e. The summed E-state index contributed by atoms with van der Waals surface area (Å²) < 4.78 is 1.24. The molecule has 0 aliphatic carbocycles. The number of aromatic carboxylic acids is 1. The summed E-state index contributed by atoms with van der Waals surface area (Å²) in [7, 11) is 0. The van der Waals surface area contributed by atoms with Crippen molar-refractivity contribution in [1.29, 1.82) is 0 Å². The predicted octanol–water partition coefficient (Wildman–Crippen LogP) is 2.65. The number of carboxylic acids is 1. The number of pyridine rings is 1. The van der Waals surface area contributed by atoms with Crippen LogP contribution in [-0.4, -0.2) is 73.2 Å². The fourth-order valence-corrected chi connectivity index (χ4v) is 5.62. The van der Waals surface area contributed by atoms with Crippen LogP contribution >= 0.6 is 0 Å². The van der Waals surface area contributed by atoms with Gasteiger partial charge in [-0.1, -0.05) is 19.9 Å². The van der Waals surface area contributed by atoms with Crippen molar-refractivity contribution in [2.24, 2.45) is 0 Å². The third-order valence-electron chi connectivity index (χ3n) is 8.18. The number of aromatic amines is 2. The second kappa shape index (κ2) is 13.2. The highest BCUT2D eigenvalue weighted by molar-refractivity contribution is 5.93. The van der Waals surface area contributed by atoms with Crippen molar-refractivity contribution in [2.75, 3.05) is 42.9 Å². The number of piperazine rings is 1. The molecule has 0 spiro atoms. The molecule has 1 aromatic carbocycles. The van der Waals surface area contributed by atoms with Crippen LogP contribution in [0.2, 0.25) is 0 Å². The highest BCUT2D eigenvalue weighted by Crippen LogP contribution is 2.19. The minimum atomic E-state index is -1.27. The van der Waals surface area contributed by atoms with Gasteiger partial charge in [0, 0.05) is 56.4 Å². The average Bonchev–Trinajstić information content (AvgIpc) is 3.01. The molecule has 232 valence electrons. The molecule has 3 aromatic heterocycles. The number of hydrogen-bond acceptors (Lipinski definition) is 9. The molecule has 0 saturated carbocycles. The molecule has 44 heavy (non-hydrogen) atoms. The van der Waals surface area contributed by atoms with E-state index in [1.165, 1.54) is 28.0 Å². The molecule has 0 atom stereocenters. The molecule has 1 aliphatic heterocycles. The number of carboxylic acid groups (broad SMARTS) is 1. The lowest BCUT2D eigenvalue weighted by Gasteiger charge is -2.34. The lowest BCUT2D eigenvalue weighted by molar-refractivity contribution is 0.0694. The topological polar surface area (TPSA) is 169 Å². The van der Waals surface area contributed by atoms with Crippen LogP contribution in [0.15, 0.2) is 44.8 Å². The number of unbranched alkanes of at least 4 members (excludes halogenated alkanes) is 1. The first-order valence-electron chi connectivity index (χ1n) is 15.0. The third-order valence-corrected chi connectivity index (χ3v) is 8.18. The van der Waals surface area contributed by atoms with Gasteiger partial charge in [-0.05, 0) is 62.4 Å². The number of anilines is 3. The van der Waals surface area contributed by atoms with Crippen LogP contribution in [0.4, 0.5) is 17.5 Å². The van der Waals surface area contributed by atoms with Crippen molar-refractivity contribution >= 4 is 34.5 Å². The first kappa shape index (κ1) is 30.7. The Labute approximate surface area is 253 Å². The Balaban J connectivity index is 1.13. The van der Waals surface area contributed by atoms with Crippen LogP contribution in [0.1, 0.15) is 53.9 Å². The molecule has 5 rings (SSSR count). The van der Waals surface area contributed by atoms with Gasteiger partial charge in [-0.2, -0.15) is 4.98 Å². The Morgan fingerprint density at radius 2 is 1.75 bits per heavy atom. The van der Waals surface area contributed by atoms with Crippen molar-refractivity contribution in [3.8, 4) is 0 Å². The van der Waals surface area contributed by atoms with Crippen molar-refractivity contribution < 1.29 is 9.90 Å². The molecule has 0 radical (unpaired) electrons. The number of aromatic nitrogens is 5. The summed E-state index contributed by atoms with van der Waals surface area (Å²) in [4.78, 5) is 68.7. The van der Waals surface area contributed by atoms with E-state index in [0.717, 1.165) is 38.2 Å². The van der Waals surface area contributed by atoms with E-state index in [1.54, 1.807) is 6.92 Å². The van der Waals surface area contributed by atoms with Gasteiger partial charge in [0.2, 0.25) is 11.4 Å². The largest absolute Gasteiger partial charge is 0.477 e. The predicted molar refractivity (Wildman–Crippen MR) is 170 cm³/mol. The Bertz CT molecular complexity index is 1820. The molecule has 13 nitrogen and oxygen atoms in total. The number of nitrogens with one attached hydrogen (secondary N) is 3. The van der Waals surface area contributed by atoms with Gasteiger partial charge < -0.3 is 20.3 Å². The summed E-state index contributed by atoms with van der Waals surface area (Å²) in [6.07, 6.45) is 4.17. The second-order valence-corrected chi connectivity index (χ2v) is 11.0. The third kappa shape index (κ3) is 6.57. The van der Waals surface area contributed by atoms with E-state index in [9.17, 15) is 24.3 Å². The van der Waals surface area contributed by atoms with Crippen LogP contribution < -0.4 is 26.9 Å². The van der Waals surface area contributed by atoms with Crippen LogP contribution in [0.25, 0.3) is 11.0 Å². The van der Waals surface area contributed by atoms with Crippen LogP contribution in [0.3, 0.4) is 0 Å². The summed E-state index contributed by atoms with van der Waals surface area (Å²) in [6.45, 7) is 10.1. The van der Waals surface area contributed by atoms with Crippen LogP contribution in [0.5, 0.6) is 0 Å². The summed E-state index contributed by atoms with van der Waals surface area (Å²) in [6, 6.07) is 7.39. The van der Waals surface area contributed by atoms with Gasteiger partial charge in [0.05, 0.1) is 5.39 Å². The van der Waals surface area contributed by atoms with Gasteiger partial charge in [-0.3, -0.25) is 24.0 Å². The molecular weight excluding hydrogens is 564 g/mol. The number of fused-ring (bicyclic) bond motifs is 1. The summed E-state index contributed by atoms with van der Waals surface area (Å²) in [5.41, 5.74) is 2.28. The molecule has 0 unspecified atom stereocenters. The van der Waals surface area contributed by atoms with E-state index in [-0.39, 0.29) is 16.5 Å². The van der Waals surface area contributed by atoms with Gasteiger partial charge in [-0.25, -0.2) is 14.6 Å². The monoisotopic (exact) mass is 602 g/mol. The molecular formula is C31H38N8O5. The van der Waals surface area contributed by atoms with Gasteiger partial charge in [0.1, 0.15) is 17.0 Å². The number of aryl methyl sites for hydroxylation is 3. The van der Waals surface area contributed by atoms with Gasteiger partial charge in [0.25, 0.3) is 5.56 Å². The minimum absolute atomic E-state index is 0.155. The quantitative estimate of drug-likeness (QED) is 0.187. The normalized spacial score (nSPS) is 13.8. The lowest BCUT2D eigenvalue weighted by atomic mass is 10.1. The minimum Gasteiger partial charge on any atom is -0.477 e. The van der Waals surface area contributed by atoms with E-state index in [4.69, 9.17) is 0 Å². The SMILES string of the molecule is CCc1cc(Nc2cc(=O)n(CCCCN3CCN(c4ncc5c(=O)c(C(=O)O)c(CC)[nH]c5n4)CC3)c(=O)[nH]2)ccc1C. The molecule has 1 aliphatic rings. The van der Waals surface area contributed by atoms with E-state index < -0.39 is 17.1 Å². The second-order valence-electron chi connectivity index (χ2n) is 11.0. The maximum absolute atomic E-state index is 12.7. The molecule has 4 heterocycles. The molecule has 4 aromatic rings. The van der Waals surface area contributed by atoms with Gasteiger partial charge in [0.15, 0.2) is 0 Å². The van der Waals surface area contributed by atoms with Crippen LogP contribution in [-0.2, 0) is 19.4 Å². The number of nitrogens with zero attached hydrogens (tertiary/aromatic N) is 5. The van der Waals surface area contributed by atoms with Crippen molar-refractivity contribution in [2.45, 2.75) is 53.0 Å². The fraction of sp³-hybridized carbons (Fsp3) is 0.419. The number of hydrogen-bond donors (Lipinski definition) is 4. The molecule has 13 heteroatoms.